The fraction of sp³-hybridized carbons (Fsp3) is 0.0149. The van der Waals surface area contributed by atoms with E-state index in [1.807, 2.05) is 0 Å². The van der Waals surface area contributed by atoms with E-state index in [0.29, 0.717) is 0 Å². The Morgan fingerprint density at radius 3 is 1.23 bits per heavy atom. The highest BCUT2D eigenvalue weighted by molar-refractivity contribution is 6.01. The Morgan fingerprint density at radius 2 is 0.671 bits per heavy atom. The quantitative estimate of drug-likeness (QED) is 0.143. The van der Waals surface area contributed by atoms with Gasteiger partial charge >= 0.3 is 0 Å². The molecule has 330 valence electrons. The maximum absolute atomic E-state index is 2.50. The third-order valence-corrected chi connectivity index (χ3v) is 14.2. The van der Waals surface area contributed by atoms with Crippen molar-refractivity contribution in [3.8, 4) is 33.4 Å². The molecule has 0 atom stereocenters. The van der Waals surface area contributed by atoms with Gasteiger partial charge in [-0.3, -0.25) is 0 Å². The number of anilines is 9. The second-order valence-electron chi connectivity index (χ2n) is 18.1. The Morgan fingerprint density at radius 1 is 0.257 bits per heavy atom. The molecular formula is C67H47N3. The van der Waals surface area contributed by atoms with Gasteiger partial charge in [0.15, 0.2) is 0 Å². The van der Waals surface area contributed by atoms with Gasteiger partial charge in [-0.25, -0.2) is 0 Å². The highest BCUT2D eigenvalue weighted by atomic mass is 15.2. The van der Waals surface area contributed by atoms with Crippen molar-refractivity contribution in [2.75, 3.05) is 14.7 Å². The first-order valence-corrected chi connectivity index (χ1v) is 24.1. The van der Waals surface area contributed by atoms with Crippen molar-refractivity contribution in [3.63, 3.8) is 0 Å². The minimum atomic E-state index is -0.635. The minimum absolute atomic E-state index is 0.635. The molecule has 70 heavy (non-hydrogen) atoms. The number of para-hydroxylation sites is 7. The van der Waals surface area contributed by atoms with Gasteiger partial charge in [-0.15, -0.1) is 0 Å². The summed E-state index contributed by atoms with van der Waals surface area (Å²) in [5, 5.41) is 0. The van der Waals surface area contributed by atoms with E-state index in [1.165, 1.54) is 61.4 Å². The Bertz CT molecular complexity index is 3520. The molecule has 2 aliphatic rings. The SMILES string of the molecule is c1ccc(N(c2ccccc2)c2ccc(-c3cccc4c3-c3ccc(-c5cccc(N(c6ccccc6)c6ccccc6)c5)cc3C43c4ccccc4N(c4ccccc4)c4ccccc43)cc2)cc1. The van der Waals surface area contributed by atoms with E-state index < -0.39 is 5.41 Å². The summed E-state index contributed by atoms with van der Waals surface area (Å²) in [5.74, 6) is 0. The van der Waals surface area contributed by atoms with Crippen molar-refractivity contribution in [1.29, 1.82) is 0 Å². The lowest BCUT2D eigenvalue weighted by Gasteiger charge is -2.45. The molecule has 11 aromatic carbocycles. The van der Waals surface area contributed by atoms with Gasteiger partial charge in [0.2, 0.25) is 0 Å². The van der Waals surface area contributed by atoms with Crippen molar-refractivity contribution in [3.05, 3.63) is 307 Å². The van der Waals surface area contributed by atoms with Crippen molar-refractivity contribution >= 4 is 51.2 Å². The average molecular weight is 894 g/mol. The smallest absolute Gasteiger partial charge is 0.0754 e. The monoisotopic (exact) mass is 893 g/mol. The lowest BCUT2D eigenvalue weighted by atomic mass is 9.64. The zero-order valence-electron chi connectivity index (χ0n) is 38.5. The van der Waals surface area contributed by atoms with Crippen LogP contribution in [0.25, 0.3) is 33.4 Å². The standard InChI is InChI=1S/C67H47N3/c1-6-23-51(24-7-1)68(52-25-8-2-9-26-52)56-43-40-48(41-44-56)58-34-21-37-62-66(58)59-45-42-50(49-22-20-33-57(46-49)69(53-27-10-3-11-28-53)54-29-12-4-13-30-54)47-63(59)67(62)60-35-16-18-38-64(60)70(55-31-14-5-15-32-55)65-39-19-17-36-61(65)67/h1-47H. The lowest BCUT2D eigenvalue weighted by Crippen LogP contribution is -2.36. The van der Waals surface area contributed by atoms with Crippen molar-refractivity contribution in [2.24, 2.45) is 0 Å². The first kappa shape index (κ1) is 41.0. The van der Waals surface area contributed by atoms with Crippen LogP contribution in [0.5, 0.6) is 0 Å². The van der Waals surface area contributed by atoms with Crippen LogP contribution in [0.15, 0.2) is 285 Å². The van der Waals surface area contributed by atoms with Crippen molar-refractivity contribution < 1.29 is 0 Å². The van der Waals surface area contributed by atoms with Gasteiger partial charge in [-0.05, 0) is 159 Å². The van der Waals surface area contributed by atoms with Crippen LogP contribution >= 0.6 is 0 Å². The fourth-order valence-electron chi connectivity index (χ4n) is 11.3. The Kier molecular flexibility index (Phi) is 10.1. The van der Waals surface area contributed by atoms with E-state index in [2.05, 4.69) is 300 Å². The molecule has 3 heteroatoms. The zero-order valence-corrected chi connectivity index (χ0v) is 38.5. The summed E-state index contributed by atoms with van der Waals surface area (Å²) in [4.78, 5) is 7.13. The minimum Gasteiger partial charge on any atom is -0.311 e. The summed E-state index contributed by atoms with van der Waals surface area (Å²) < 4.78 is 0. The molecule has 0 fully saturated rings. The van der Waals surface area contributed by atoms with Crippen LogP contribution in [0, 0.1) is 0 Å². The number of hydrogen-bond donors (Lipinski definition) is 0. The van der Waals surface area contributed by atoms with E-state index in [1.54, 1.807) is 0 Å². The maximum Gasteiger partial charge on any atom is 0.0754 e. The van der Waals surface area contributed by atoms with Crippen LogP contribution in [0.2, 0.25) is 0 Å². The third kappa shape index (κ3) is 6.66. The number of benzene rings is 11. The molecule has 0 amide bonds. The first-order chi connectivity index (χ1) is 34.8. The number of hydrogen-bond acceptors (Lipinski definition) is 3. The van der Waals surface area contributed by atoms with Crippen LogP contribution in [0.1, 0.15) is 22.3 Å². The molecule has 0 saturated heterocycles. The molecule has 0 aromatic heterocycles. The second kappa shape index (κ2) is 17.2. The van der Waals surface area contributed by atoms with Gasteiger partial charge in [0.25, 0.3) is 0 Å². The van der Waals surface area contributed by atoms with Gasteiger partial charge in [0.1, 0.15) is 0 Å². The van der Waals surface area contributed by atoms with E-state index in [0.717, 1.165) is 45.4 Å². The fourth-order valence-corrected chi connectivity index (χ4v) is 11.3. The molecule has 11 aromatic rings. The Balaban J connectivity index is 1.03. The zero-order chi connectivity index (χ0) is 46.4. The van der Waals surface area contributed by atoms with Gasteiger partial charge in [-0.2, -0.15) is 0 Å². The molecule has 0 radical (unpaired) electrons. The van der Waals surface area contributed by atoms with E-state index in [-0.39, 0.29) is 0 Å². The predicted octanol–water partition coefficient (Wildman–Crippen LogP) is 18.1. The van der Waals surface area contributed by atoms with E-state index in [9.17, 15) is 0 Å². The molecule has 0 bridgehead atoms. The van der Waals surface area contributed by atoms with Crippen LogP contribution in [0.3, 0.4) is 0 Å². The van der Waals surface area contributed by atoms with Gasteiger partial charge in [-0.1, -0.05) is 182 Å². The van der Waals surface area contributed by atoms with Gasteiger partial charge in [0, 0.05) is 39.8 Å². The summed E-state index contributed by atoms with van der Waals surface area (Å²) in [6.07, 6.45) is 0. The molecule has 0 unspecified atom stereocenters. The van der Waals surface area contributed by atoms with Crippen LogP contribution in [-0.2, 0) is 5.41 Å². The van der Waals surface area contributed by atoms with Gasteiger partial charge < -0.3 is 14.7 Å². The summed E-state index contributed by atoms with van der Waals surface area (Å²) >= 11 is 0. The van der Waals surface area contributed by atoms with Crippen LogP contribution in [0.4, 0.5) is 51.2 Å². The topological polar surface area (TPSA) is 9.72 Å². The molecule has 13 rings (SSSR count). The summed E-state index contributed by atoms with van der Waals surface area (Å²) in [7, 11) is 0. The van der Waals surface area contributed by atoms with Crippen molar-refractivity contribution in [2.45, 2.75) is 5.41 Å². The highest BCUT2D eigenvalue weighted by Crippen LogP contribution is 2.65. The third-order valence-electron chi connectivity index (χ3n) is 14.2. The molecule has 0 saturated carbocycles. The summed E-state index contributed by atoms with van der Waals surface area (Å²) in [6, 6.07) is 104. The molecule has 3 nitrogen and oxygen atoms in total. The Hall–Kier alpha value is -9.18. The molecule has 0 N–H and O–H groups in total. The van der Waals surface area contributed by atoms with Crippen molar-refractivity contribution in [1.82, 2.24) is 0 Å². The summed E-state index contributed by atoms with van der Waals surface area (Å²) in [5.41, 5.74) is 21.8. The maximum atomic E-state index is 2.50. The summed E-state index contributed by atoms with van der Waals surface area (Å²) in [6.45, 7) is 0. The van der Waals surface area contributed by atoms with Crippen LogP contribution < -0.4 is 14.7 Å². The number of fused-ring (bicyclic) bond motifs is 9. The van der Waals surface area contributed by atoms with Crippen LogP contribution in [-0.4, -0.2) is 0 Å². The predicted molar refractivity (Wildman–Crippen MR) is 292 cm³/mol. The Labute approximate surface area is 410 Å². The number of rotatable bonds is 9. The molecule has 1 spiro atoms. The largest absolute Gasteiger partial charge is 0.311 e. The highest BCUT2D eigenvalue weighted by Gasteiger charge is 2.52. The first-order valence-electron chi connectivity index (χ1n) is 24.1. The average Bonchev–Trinajstić information content (AvgIpc) is 3.73. The molecule has 1 aliphatic heterocycles. The molecule has 1 aliphatic carbocycles. The normalized spacial score (nSPS) is 12.7. The van der Waals surface area contributed by atoms with E-state index >= 15 is 0 Å². The molecule has 1 heterocycles. The second-order valence-corrected chi connectivity index (χ2v) is 18.1. The molecular weight excluding hydrogens is 847 g/mol. The van der Waals surface area contributed by atoms with E-state index in [4.69, 9.17) is 0 Å². The van der Waals surface area contributed by atoms with Gasteiger partial charge in [0.05, 0.1) is 16.8 Å². The lowest BCUT2D eigenvalue weighted by molar-refractivity contribution is 0.753. The number of nitrogens with zero attached hydrogens (tertiary/aromatic N) is 3.